The highest BCUT2D eigenvalue weighted by atomic mass is 16.4. The molecule has 3 heteroatoms. The molecule has 1 rings (SSSR count). The monoisotopic (exact) mass is 183 g/mol. The molecule has 0 aliphatic carbocycles. The molecule has 1 N–H and O–H groups in total. The summed E-state index contributed by atoms with van der Waals surface area (Å²) in [5.74, 6) is -0.725. The second-order valence-corrected chi connectivity index (χ2v) is 3.63. The lowest BCUT2D eigenvalue weighted by Crippen LogP contribution is -2.30. The number of carboxylic acid groups (broad SMARTS) is 1. The first-order valence-electron chi connectivity index (χ1n) is 4.78. The van der Waals surface area contributed by atoms with E-state index >= 15 is 0 Å². The predicted octanol–water partition coefficient (Wildman–Crippen LogP) is 1.50. The fourth-order valence-electron chi connectivity index (χ4n) is 1.77. The van der Waals surface area contributed by atoms with Gasteiger partial charge in [0.2, 0.25) is 0 Å². The van der Waals surface area contributed by atoms with E-state index in [1.54, 1.807) is 0 Å². The van der Waals surface area contributed by atoms with Crippen LogP contribution in [-0.2, 0) is 4.79 Å². The van der Waals surface area contributed by atoms with Gasteiger partial charge in [0.05, 0.1) is 0 Å². The minimum Gasteiger partial charge on any atom is -0.478 e. The molecule has 0 aromatic heterocycles. The van der Waals surface area contributed by atoms with Crippen molar-refractivity contribution in [1.29, 1.82) is 0 Å². The van der Waals surface area contributed by atoms with Crippen molar-refractivity contribution in [3.63, 3.8) is 0 Å². The molecule has 0 saturated carbocycles. The molecule has 13 heavy (non-hydrogen) atoms. The topological polar surface area (TPSA) is 40.5 Å². The van der Waals surface area contributed by atoms with Crippen LogP contribution in [0.3, 0.4) is 0 Å². The number of hydrogen-bond acceptors (Lipinski definition) is 2. The molecule has 1 aliphatic heterocycles. The molecule has 0 atom stereocenters. The van der Waals surface area contributed by atoms with Crippen molar-refractivity contribution < 1.29 is 9.90 Å². The first-order chi connectivity index (χ1) is 6.15. The van der Waals surface area contributed by atoms with Crippen molar-refractivity contribution in [3.8, 4) is 0 Å². The highest BCUT2D eigenvalue weighted by molar-refractivity contribution is 5.87. The van der Waals surface area contributed by atoms with Gasteiger partial charge in [-0.1, -0.05) is 13.3 Å². The fourth-order valence-corrected chi connectivity index (χ4v) is 1.77. The lowest BCUT2D eigenvalue weighted by atomic mass is 9.97. The molecule has 0 aromatic carbocycles. The van der Waals surface area contributed by atoms with E-state index in [0.29, 0.717) is 12.0 Å². The van der Waals surface area contributed by atoms with E-state index in [2.05, 4.69) is 11.8 Å². The quantitative estimate of drug-likeness (QED) is 0.721. The Labute approximate surface area is 79.0 Å². The van der Waals surface area contributed by atoms with Gasteiger partial charge in [-0.05, 0) is 25.5 Å². The van der Waals surface area contributed by atoms with E-state index < -0.39 is 5.97 Å². The summed E-state index contributed by atoms with van der Waals surface area (Å²) in [6, 6.07) is 0. The van der Waals surface area contributed by atoms with Gasteiger partial charge in [0.15, 0.2) is 0 Å². The second-order valence-electron chi connectivity index (χ2n) is 3.63. The molecule has 0 radical (unpaired) electrons. The fraction of sp³-hybridized carbons (Fsp3) is 0.700. The summed E-state index contributed by atoms with van der Waals surface area (Å²) in [7, 11) is 2.04. The average Bonchev–Trinajstić information content (AvgIpc) is 2.04. The number of carbonyl (C=O) groups is 1. The molecular weight excluding hydrogens is 166 g/mol. The molecule has 3 nitrogen and oxygen atoms in total. The largest absolute Gasteiger partial charge is 0.478 e. The molecule has 0 amide bonds. The maximum atomic E-state index is 10.9. The van der Waals surface area contributed by atoms with Gasteiger partial charge < -0.3 is 10.0 Å². The van der Waals surface area contributed by atoms with Crippen molar-refractivity contribution in [1.82, 2.24) is 4.90 Å². The van der Waals surface area contributed by atoms with Crippen LogP contribution in [0.2, 0.25) is 0 Å². The van der Waals surface area contributed by atoms with Crippen molar-refractivity contribution in [3.05, 3.63) is 11.1 Å². The summed E-state index contributed by atoms with van der Waals surface area (Å²) in [5, 5.41) is 8.95. The van der Waals surface area contributed by atoms with Crippen LogP contribution >= 0.6 is 0 Å². The van der Waals surface area contributed by atoms with Crippen LogP contribution in [0.1, 0.15) is 26.2 Å². The van der Waals surface area contributed by atoms with Gasteiger partial charge in [0, 0.05) is 18.7 Å². The van der Waals surface area contributed by atoms with E-state index in [1.165, 1.54) is 0 Å². The molecule has 0 aromatic rings. The minimum atomic E-state index is -0.725. The van der Waals surface area contributed by atoms with Crippen LogP contribution in [0.5, 0.6) is 0 Å². The Morgan fingerprint density at radius 3 is 2.85 bits per heavy atom. The maximum absolute atomic E-state index is 10.9. The maximum Gasteiger partial charge on any atom is 0.331 e. The van der Waals surface area contributed by atoms with Crippen LogP contribution in [0.4, 0.5) is 0 Å². The molecular formula is C10H17NO2. The summed E-state index contributed by atoms with van der Waals surface area (Å²) >= 11 is 0. The van der Waals surface area contributed by atoms with Gasteiger partial charge >= 0.3 is 5.97 Å². The van der Waals surface area contributed by atoms with Crippen LogP contribution < -0.4 is 0 Å². The zero-order valence-corrected chi connectivity index (χ0v) is 8.34. The van der Waals surface area contributed by atoms with Gasteiger partial charge in [-0.3, -0.25) is 0 Å². The van der Waals surface area contributed by atoms with Gasteiger partial charge in [-0.15, -0.1) is 0 Å². The van der Waals surface area contributed by atoms with Crippen LogP contribution in [0.25, 0.3) is 0 Å². The number of carboxylic acids is 1. The zero-order chi connectivity index (χ0) is 9.84. The highest BCUT2D eigenvalue weighted by Gasteiger charge is 2.19. The predicted molar refractivity (Wildman–Crippen MR) is 51.7 cm³/mol. The van der Waals surface area contributed by atoms with Crippen molar-refractivity contribution in [2.24, 2.45) is 0 Å². The third-order valence-corrected chi connectivity index (χ3v) is 2.44. The number of aliphatic carboxylic acids is 1. The Kier molecular flexibility index (Phi) is 3.48. The van der Waals surface area contributed by atoms with E-state index in [1.807, 2.05) is 7.05 Å². The standard InChI is InChI=1S/C10H17NO2/c1-3-4-8-7-11(2)6-5-9(8)10(12)13/h3-7H2,1-2H3,(H,12,13). The van der Waals surface area contributed by atoms with Crippen molar-refractivity contribution in [2.75, 3.05) is 20.1 Å². The van der Waals surface area contributed by atoms with Gasteiger partial charge in [-0.2, -0.15) is 0 Å². The molecule has 1 heterocycles. The average molecular weight is 183 g/mol. The number of rotatable bonds is 3. The Morgan fingerprint density at radius 1 is 1.62 bits per heavy atom. The molecule has 0 spiro atoms. The summed E-state index contributed by atoms with van der Waals surface area (Å²) in [6.45, 7) is 3.78. The van der Waals surface area contributed by atoms with Gasteiger partial charge in [0.1, 0.15) is 0 Å². The summed E-state index contributed by atoms with van der Waals surface area (Å²) in [4.78, 5) is 13.0. The first-order valence-corrected chi connectivity index (χ1v) is 4.78. The first kappa shape index (κ1) is 10.3. The van der Waals surface area contributed by atoms with Gasteiger partial charge in [-0.25, -0.2) is 4.79 Å². The number of hydrogen-bond donors (Lipinski definition) is 1. The molecule has 74 valence electrons. The highest BCUT2D eigenvalue weighted by Crippen LogP contribution is 2.20. The molecule has 0 saturated heterocycles. The molecule has 0 bridgehead atoms. The number of likely N-dealkylation sites (N-methyl/N-ethyl adjacent to an activating group) is 1. The number of nitrogens with zero attached hydrogens (tertiary/aromatic N) is 1. The lowest BCUT2D eigenvalue weighted by molar-refractivity contribution is -0.133. The van der Waals surface area contributed by atoms with Crippen molar-refractivity contribution >= 4 is 5.97 Å². The molecule has 1 aliphatic rings. The Hall–Kier alpha value is -0.830. The summed E-state index contributed by atoms with van der Waals surface area (Å²) in [5.41, 5.74) is 1.77. The second kappa shape index (κ2) is 4.42. The molecule has 0 unspecified atom stereocenters. The van der Waals surface area contributed by atoms with E-state index in [0.717, 1.165) is 31.5 Å². The van der Waals surface area contributed by atoms with Crippen LogP contribution in [-0.4, -0.2) is 36.1 Å². The van der Waals surface area contributed by atoms with E-state index in [-0.39, 0.29) is 0 Å². The minimum absolute atomic E-state index is 0.653. The Morgan fingerprint density at radius 2 is 2.31 bits per heavy atom. The Balaban J connectivity index is 2.80. The summed E-state index contributed by atoms with van der Waals surface area (Å²) in [6.07, 6.45) is 2.65. The third kappa shape index (κ3) is 2.56. The smallest absolute Gasteiger partial charge is 0.331 e. The van der Waals surface area contributed by atoms with Crippen LogP contribution in [0.15, 0.2) is 11.1 Å². The van der Waals surface area contributed by atoms with E-state index in [4.69, 9.17) is 5.11 Å². The lowest BCUT2D eigenvalue weighted by Gasteiger charge is -2.25. The summed E-state index contributed by atoms with van der Waals surface area (Å²) < 4.78 is 0. The van der Waals surface area contributed by atoms with Crippen molar-refractivity contribution in [2.45, 2.75) is 26.2 Å². The van der Waals surface area contributed by atoms with Gasteiger partial charge in [0.25, 0.3) is 0 Å². The molecule has 0 fully saturated rings. The zero-order valence-electron chi connectivity index (χ0n) is 8.34. The SMILES string of the molecule is CCCC1=C(C(=O)O)CCN(C)C1. The normalized spacial score (nSPS) is 19.2. The third-order valence-electron chi connectivity index (χ3n) is 2.44. The van der Waals surface area contributed by atoms with Crippen LogP contribution in [0, 0.1) is 0 Å². The Bertz CT molecular complexity index is 233. The van der Waals surface area contributed by atoms with E-state index in [9.17, 15) is 4.79 Å².